The van der Waals surface area contributed by atoms with Gasteiger partial charge in [0.05, 0.1) is 13.0 Å². The smallest absolute Gasteiger partial charge is 0.237 e. The number of methoxy groups -OCH3 is 1. The van der Waals surface area contributed by atoms with E-state index < -0.39 is 0 Å². The normalized spacial score (nSPS) is 10.4. The molecule has 0 saturated carbocycles. The van der Waals surface area contributed by atoms with E-state index in [1.165, 1.54) is 0 Å². The monoisotopic (exact) mass is 362 g/mol. The number of aromatic nitrogens is 1. The molecule has 0 radical (unpaired) electrons. The van der Waals surface area contributed by atoms with Crippen LogP contribution in [0.2, 0.25) is 0 Å². The molecule has 0 fully saturated rings. The molecule has 5 nitrogen and oxygen atoms in total. The molecular weight excluding hydrogens is 340 g/mol. The molecule has 0 atom stereocenters. The molecule has 0 bridgehead atoms. The Morgan fingerprint density at radius 3 is 2.41 bits per heavy atom. The Labute approximate surface area is 159 Å². The molecule has 1 N–H and O–H groups in total. The Kier molecular flexibility index (Phi) is 6.55. The third kappa shape index (κ3) is 5.39. The maximum atomic E-state index is 12.4. The summed E-state index contributed by atoms with van der Waals surface area (Å²) in [6.45, 7) is 0.828. The molecule has 0 spiro atoms. The number of nitrogens with zero attached hydrogens (tertiary/aromatic N) is 1. The summed E-state index contributed by atoms with van der Waals surface area (Å²) >= 11 is 0. The zero-order valence-corrected chi connectivity index (χ0v) is 15.2. The lowest BCUT2D eigenvalue weighted by Gasteiger charge is -2.11. The summed E-state index contributed by atoms with van der Waals surface area (Å²) < 4.78 is 10.5. The molecule has 0 aliphatic heterocycles. The van der Waals surface area contributed by atoms with Crippen LogP contribution < -0.4 is 10.1 Å². The standard InChI is InChI=1S/C22H22N2O3/c1-26-14-15-27-22-20(8-5-13-23-22)24-21(25)16-17-9-11-19(12-10-17)18-6-3-2-4-7-18/h2-13H,14-16H2,1H3,(H,24,25). The number of amides is 1. The summed E-state index contributed by atoms with van der Waals surface area (Å²) in [6.07, 6.45) is 1.90. The van der Waals surface area contributed by atoms with Crippen molar-refractivity contribution in [2.24, 2.45) is 0 Å². The highest BCUT2D eigenvalue weighted by Crippen LogP contribution is 2.22. The lowest BCUT2D eigenvalue weighted by molar-refractivity contribution is -0.115. The number of carbonyl (C=O) groups excluding carboxylic acids is 1. The molecule has 1 amide bonds. The van der Waals surface area contributed by atoms with Crippen molar-refractivity contribution in [3.63, 3.8) is 0 Å². The SMILES string of the molecule is COCCOc1ncccc1NC(=O)Cc1ccc(-c2ccccc2)cc1. The zero-order valence-electron chi connectivity index (χ0n) is 15.2. The first-order chi connectivity index (χ1) is 13.3. The molecule has 138 valence electrons. The van der Waals surface area contributed by atoms with Gasteiger partial charge in [0, 0.05) is 13.3 Å². The average molecular weight is 362 g/mol. The molecule has 0 aliphatic carbocycles. The van der Waals surface area contributed by atoms with Crippen molar-refractivity contribution in [2.45, 2.75) is 6.42 Å². The number of ether oxygens (including phenoxy) is 2. The van der Waals surface area contributed by atoms with Gasteiger partial charge < -0.3 is 14.8 Å². The van der Waals surface area contributed by atoms with Crippen molar-refractivity contribution in [1.29, 1.82) is 0 Å². The van der Waals surface area contributed by atoms with Crippen LogP contribution in [0.1, 0.15) is 5.56 Å². The van der Waals surface area contributed by atoms with Crippen LogP contribution in [0.4, 0.5) is 5.69 Å². The molecule has 2 aromatic carbocycles. The largest absolute Gasteiger partial charge is 0.474 e. The number of pyridine rings is 1. The minimum atomic E-state index is -0.118. The van der Waals surface area contributed by atoms with E-state index >= 15 is 0 Å². The van der Waals surface area contributed by atoms with E-state index in [0.717, 1.165) is 16.7 Å². The number of hydrogen-bond donors (Lipinski definition) is 1. The predicted molar refractivity (Wildman–Crippen MR) is 106 cm³/mol. The summed E-state index contributed by atoms with van der Waals surface area (Å²) in [4.78, 5) is 16.6. The first-order valence-corrected chi connectivity index (χ1v) is 8.77. The number of anilines is 1. The van der Waals surface area contributed by atoms with Gasteiger partial charge >= 0.3 is 0 Å². The molecule has 3 aromatic rings. The summed E-state index contributed by atoms with van der Waals surface area (Å²) in [5.74, 6) is 0.273. The van der Waals surface area contributed by atoms with Gasteiger partial charge in [-0.05, 0) is 28.8 Å². The van der Waals surface area contributed by atoms with Crippen molar-refractivity contribution in [1.82, 2.24) is 4.98 Å². The fourth-order valence-electron chi connectivity index (χ4n) is 2.65. The van der Waals surface area contributed by atoms with Gasteiger partial charge in [-0.2, -0.15) is 0 Å². The van der Waals surface area contributed by atoms with E-state index in [1.807, 2.05) is 42.5 Å². The number of nitrogens with one attached hydrogen (secondary N) is 1. The van der Waals surface area contributed by atoms with Crippen LogP contribution in [0.25, 0.3) is 11.1 Å². The van der Waals surface area contributed by atoms with Gasteiger partial charge in [0.2, 0.25) is 11.8 Å². The van der Waals surface area contributed by atoms with Crippen LogP contribution in [-0.4, -0.2) is 31.2 Å². The van der Waals surface area contributed by atoms with Crippen LogP contribution in [0.15, 0.2) is 72.9 Å². The van der Waals surface area contributed by atoms with Gasteiger partial charge in [0.1, 0.15) is 12.3 Å². The molecule has 0 aliphatic rings. The average Bonchev–Trinajstić information content (AvgIpc) is 2.71. The fraction of sp³-hybridized carbons (Fsp3) is 0.182. The second kappa shape index (κ2) is 9.50. The second-order valence-electron chi connectivity index (χ2n) is 5.99. The summed E-state index contributed by atoms with van der Waals surface area (Å²) in [7, 11) is 1.60. The number of carbonyl (C=O) groups is 1. The summed E-state index contributed by atoms with van der Waals surface area (Å²) in [5, 5.41) is 2.86. The Morgan fingerprint density at radius 1 is 0.926 bits per heavy atom. The minimum absolute atomic E-state index is 0.118. The molecule has 3 rings (SSSR count). The van der Waals surface area contributed by atoms with Crippen LogP contribution in [0.5, 0.6) is 5.88 Å². The maximum Gasteiger partial charge on any atom is 0.237 e. The van der Waals surface area contributed by atoms with Gasteiger partial charge in [0.15, 0.2) is 0 Å². The van der Waals surface area contributed by atoms with E-state index in [9.17, 15) is 4.79 Å². The van der Waals surface area contributed by atoms with E-state index in [1.54, 1.807) is 25.4 Å². The van der Waals surface area contributed by atoms with E-state index in [2.05, 4.69) is 22.4 Å². The molecule has 27 heavy (non-hydrogen) atoms. The topological polar surface area (TPSA) is 60.5 Å². The highest BCUT2D eigenvalue weighted by atomic mass is 16.5. The minimum Gasteiger partial charge on any atom is -0.474 e. The summed E-state index contributed by atoms with van der Waals surface area (Å²) in [5.41, 5.74) is 3.78. The van der Waals surface area contributed by atoms with E-state index in [-0.39, 0.29) is 12.3 Å². The molecule has 1 heterocycles. The van der Waals surface area contributed by atoms with Gasteiger partial charge in [0.25, 0.3) is 0 Å². The quantitative estimate of drug-likeness (QED) is 0.616. The van der Waals surface area contributed by atoms with Crippen molar-refractivity contribution in [3.05, 3.63) is 78.5 Å². The Bertz CT molecular complexity index is 864. The first-order valence-electron chi connectivity index (χ1n) is 8.77. The van der Waals surface area contributed by atoms with Crippen molar-refractivity contribution in [2.75, 3.05) is 25.6 Å². The van der Waals surface area contributed by atoms with Gasteiger partial charge in [-0.3, -0.25) is 4.79 Å². The zero-order chi connectivity index (χ0) is 18.9. The van der Waals surface area contributed by atoms with Crippen molar-refractivity contribution in [3.8, 4) is 17.0 Å². The number of rotatable bonds is 8. The summed E-state index contributed by atoms with van der Waals surface area (Å²) in [6, 6.07) is 21.7. The highest BCUT2D eigenvalue weighted by molar-refractivity contribution is 5.93. The van der Waals surface area contributed by atoms with E-state index in [4.69, 9.17) is 9.47 Å². The Balaban J connectivity index is 1.61. The Hall–Kier alpha value is -3.18. The molecule has 5 heteroatoms. The maximum absolute atomic E-state index is 12.4. The second-order valence-corrected chi connectivity index (χ2v) is 5.99. The van der Waals surface area contributed by atoms with Crippen LogP contribution >= 0.6 is 0 Å². The Morgan fingerprint density at radius 2 is 1.67 bits per heavy atom. The molecular formula is C22H22N2O3. The third-order valence-corrected chi connectivity index (χ3v) is 4.00. The van der Waals surface area contributed by atoms with Crippen LogP contribution in [-0.2, 0) is 16.0 Å². The van der Waals surface area contributed by atoms with Crippen LogP contribution in [0.3, 0.4) is 0 Å². The highest BCUT2D eigenvalue weighted by Gasteiger charge is 2.10. The first kappa shape index (κ1) is 18.6. The predicted octanol–water partition coefficient (Wildman–Crippen LogP) is 3.96. The number of hydrogen-bond acceptors (Lipinski definition) is 4. The van der Waals surface area contributed by atoms with Gasteiger partial charge in [-0.1, -0.05) is 54.6 Å². The van der Waals surface area contributed by atoms with Gasteiger partial charge in [-0.25, -0.2) is 4.98 Å². The third-order valence-electron chi connectivity index (χ3n) is 4.00. The lowest BCUT2D eigenvalue weighted by atomic mass is 10.0. The van der Waals surface area contributed by atoms with E-state index in [0.29, 0.717) is 24.8 Å². The van der Waals surface area contributed by atoms with Gasteiger partial charge in [-0.15, -0.1) is 0 Å². The number of benzene rings is 2. The molecule has 1 aromatic heterocycles. The molecule has 0 unspecified atom stereocenters. The van der Waals surface area contributed by atoms with Crippen molar-refractivity contribution >= 4 is 11.6 Å². The van der Waals surface area contributed by atoms with Crippen molar-refractivity contribution < 1.29 is 14.3 Å². The molecule has 0 saturated heterocycles. The lowest BCUT2D eigenvalue weighted by Crippen LogP contribution is -2.16. The van der Waals surface area contributed by atoms with Crippen LogP contribution in [0, 0.1) is 0 Å². The fourth-order valence-corrected chi connectivity index (χ4v) is 2.65.